The zero-order chi connectivity index (χ0) is 14.0. The SMILES string of the molecule is NC1(C(=O)Nc2ccc(C(=O)O)c(O)c2)CCOC1. The first kappa shape index (κ1) is 13.3. The Morgan fingerprint density at radius 2 is 2.16 bits per heavy atom. The number of carbonyl (C=O) groups is 2. The van der Waals surface area contributed by atoms with Gasteiger partial charge in [0, 0.05) is 18.4 Å². The van der Waals surface area contributed by atoms with Gasteiger partial charge in [-0.1, -0.05) is 0 Å². The Balaban J connectivity index is 2.13. The lowest BCUT2D eigenvalue weighted by molar-refractivity contribution is -0.121. The molecule has 2 rings (SSSR count). The van der Waals surface area contributed by atoms with Gasteiger partial charge in [-0.2, -0.15) is 0 Å². The van der Waals surface area contributed by atoms with Crippen LogP contribution in [0.2, 0.25) is 0 Å². The van der Waals surface area contributed by atoms with Crippen molar-refractivity contribution in [3.8, 4) is 5.75 Å². The minimum absolute atomic E-state index is 0.137. The molecule has 5 N–H and O–H groups in total. The van der Waals surface area contributed by atoms with Crippen molar-refractivity contribution in [2.24, 2.45) is 5.73 Å². The van der Waals surface area contributed by atoms with E-state index in [1.165, 1.54) is 18.2 Å². The summed E-state index contributed by atoms with van der Waals surface area (Å²) in [4.78, 5) is 22.7. The number of aromatic carboxylic acids is 1. The molecule has 7 heteroatoms. The molecule has 1 heterocycles. The summed E-state index contributed by atoms with van der Waals surface area (Å²) in [6, 6.07) is 3.77. The Hall–Kier alpha value is -2.12. The molecule has 0 saturated carbocycles. The molecule has 0 aliphatic carbocycles. The zero-order valence-electron chi connectivity index (χ0n) is 10.0. The largest absolute Gasteiger partial charge is 0.507 e. The fourth-order valence-electron chi connectivity index (χ4n) is 1.81. The third-order valence-corrected chi connectivity index (χ3v) is 2.99. The molecule has 1 aliphatic rings. The summed E-state index contributed by atoms with van der Waals surface area (Å²) in [6.45, 7) is 0.561. The number of anilines is 1. The van der Waals surface area contributed by atoms with Crippen molar-refractivity contribution in [2.45, 2.75) is 12.0 Å². The standard InChI is InChI=1S/C12H14N2O5/c13-12(3-4-19-6-12)11(18)14-7-1-2-8(10(16)17)9(15)5-7/h1-2,5,15H,3-4,6,13H2,(H,14,18)(H,16,17). The number of nitrogens with two attached hydrogens (primary N) is 1. The number of phenols is 1. The van der Waals surface area contributed by atoms with E-state index in [1.54, 1.807) is 0 Å². The number of carboxylic acids is 1. The van der Waals surface area contributed by atoms with Gasteiger partial charge in [0.15, 0.2) is 0 Å². The highest BCUT2D eigenvalue weighted by Crippen LogP contribution is 2.24. The Morgan fingerprint density at radius 3 is 2.68 bits per heavy atom. The molecule has 7 nitrogen and oxygen atoms in total. The maximum atomic E-state index is 12.0. The molecule has 1 atom stereocenters. The number of carbonyl (C=O) groups excluding carboxylic acids is 1. The average Bonchev–Trinajstić information content (AvgIpc) is 2.77. The summed E-state index contributed by atoms with van der Waals surface area (Å²) in [7, 11) is 0. The first-order chi connectivity index (χ1) is 8.92. The Kier molecular flexibility index (Phi) is 3.41. The number of aromatic hydroxyl groups is 1. The first-order valence-electron chi connectivity index (χ1n) is 5.67. The van der Waals surface area contributed by atoms with E-state index in [-0.39, 0.29) is 17.9 Å². The lowest BCUT2D eigenvalue weighted by Crippen LogP contribution is -2.51. The number of ether oxygens (including phenoxy) is 1. The molecule has 102 valence electrons. The van der Waals surface area contributed by atoms with Crippen LogP contribution in [0.3, 0.4) is 0 Å². The Morgan fingerprint density at radius 1 is 1.42 bits per heavy atom. The Labute approximate surface area is 109 Å². The Bertz CT molecular complexity index is 523. The number of rotatable bonds is 3. The second kappa shape index (κ2) is 4.87. The van der Waals surface area contributed by atoms with Crippen LogP contribution in [0.4, 0.5) is 5.69 Å². The predicted molar refractivity (Wildman–Crippen MR) is 66.1 cm³/mol. The van der Waals surface area contributed by atoms with Crippen LogP contribution < -0.4 is 11.1 Å². The van der Waals surface area contributed by atoms with Crippen LogP contribution in [-0.4, -0.2) is 40.8 Å². The first-order valence-corrected chi connectivity index (χ1v) is 5.67. The fraction of sp³-hybridized carbons (Fsp3) is 0.333. The normalized spacial score (nSPS) is 22.2. The van der Waals surface area contributed by atoms with Gasteiger partial charge in [0.2, 0.25) is 5.91 Å². The molecule has 1 saturated heterocycles. The maximum absolute atomic E-state index is 12.0. The molecule has 1 aliphatic heterocycles. The van der Waals surface area contributed by atoms with Crippen LogP contribution in [0.25, 0.3) is 0 Å². The van der Waals surface area contributed by atoms with Gasteiger partial charge in [-0.05, 0) is 18.6 Å². The monoisotopic (exact) mass is 266 g/mol. The second-order valence-electron chi connectivity index (χ2n) is 4.45. The molecule has 1 unspecified atom stereocenters. The van der Waals surface area contributed by atoms with Crippen molar-refractivity contribution < 1.29 is 24.5 Å². The van der Waals surface area contributed by atoms with E-state index in [9.17, 15) is 14.7 Å². The van der Waals surface area contributed by atoms with Crippen molar-refractivity contribution in [3.63, 3.8) is 0 Å². The number of nitrogens with one attached hydrogen (secondary N) is 1. The van der Waals surface area contributed by atoms with Gasteiger partial charge < -0.3 is 26.0 Å². The number of hydrogen-bond donors (Lipinski definition) is 4. The van der Waals surface area contributed by atoms with Crippen LogP contribution in [0.5, 0.6) is 5.75 Å². The molecule has 1 amide bonds. The van der Waals surface area contributed by atoms with Crippen LogP contribution in [0.1, 0.15) is 16.8 Å². The van der Waals surface area contributed by atoms with Crippen LogP contribution in [0, 0.1) is 0 Å². The molecule has 0 spiro atoms. The fourth-order valence-corrected chi connectivity index (χ4v) is 1.81. The summed E-state index contributed by atoms with van der Waals surface area (Å²) in [6.07, 6.45) is 0.415. The van der Waals surface area contributed by atoms with E-state index in [0.29, 0.717) is 13.0 Å². The summed E-state index contributed by atoms with van der Waals surface area (Å²) in [5, 5.41) is 20.8. The highest BCUT2D eigenvalue weighted by Gasteiger charge is 2.38. The third-order valence-electron chi connectivity index (χ3n) is 2.99. The maximum Gasteiger partial charge on any atom is 0.339 e. The number of hydrogen-bond acceptors (Lipinski definition) is 5. The van der Waals surface area contributed by atoms with Crippen LogP contribution in [-0.2, 0) is 9.53 Å². The molecule has 1 aromatic carbocycles. The molecule has 1 fully saturated rings. The van der Waals surface area contributed by atoms with Crippen molar-refractivity contribution in [2.75, 3.05) is 18.5 Å². The molecular weight excluding hydrogens is 252 g/mol. The van der Waals surface area contributed by atoms with Gasteiger partial charge in [0.25, 0.3) is 0 Å². The van der Waals surface area contributed by atoms with Gasteiger partial charge >= 0.3 is 5.97 Å². The summed E-state index contributed by atoms with van der Waals surface area (Å²) >= 11 is 0. The van der Waals surface area contributed by atoms with E-state index in [1.807, 2.05) is 0 Å². The van der Waals surface area contributed by atoms with Crippen molar-refractivity contribution in [3.05, 3.63) is 23.8 Å². The van der Waals surface area contributed by atoms with Gasteiger partial charge in [0.05, 0.1) is 6.61 Å². The molecule has 0 aromatic heterocycles. The van der Waals surface area contributed by atoms with Gasteiger partial charge in [-0.15, -0.1) is 0 Å². The summed E-state index contributed by atoms with van der Waals surface area (Å²) in [5.74, 6) is -2.08. The summed E-state index contributed by atoms with van der Waals surface area (Å²) in [5.41, 5.74) is 4.84. The predicted octanol–water partition coefficient (Wildman–Crippen LogP) is 0.147. The summed E-state index contributed by atoms with van der Waals surface area (Å²) < 4.78 is 5.08. The number of benzene rings is 1. The molecule has 1 aromatic rings. The minimum Gasteiger partial charge on any atom is -0.507 e. The van der Waals surface area contributed by atoms with Crippen LogP contribution >= 0.6 is 0 Å². The van der Waals surface area contributed by atoms with Crippen LogP contribution in [0.15, 0.2) is 18.2 Å². The van der Waals surface area contributed by atoms with Crippen molar-refractivity contribution in [1.82, 2.24) is 0 Å². The number of amides is 1. The van der Waals surface area contributed by atoms with E-state index in [4.69, 9.17) is 15.6 Å². The smallest absolute Gasteiger partial charge is 0.339 e. The van der Waals surface area contributed by atoms with E-state index in [2.05, 4.69) is 5.32 Å². The molecule has 19 heavy (non-hydrogen) atoms. The number of carboxylic acid groups (broad SMARTS) is 1. The van der Waals surface area contributed by atoms with E-state index < -0.39 is 23.2 Å². The van der Waals surface area contributed by atoms with Crippen molar-refractivity contribution in [1.29, 1.82) is 0 Å². The average molecular weight is 266 g/mol. The molecular formula is C12H14N2O5. The highest BCUT2D eigenvalue weighted by molar-refractivity contribution is 5.99. The molecule has 0 radical (unpaired) electrons. The van der Waals surface area contributed by atoms with E-state index in [0.717, 1.165) is 0 Å². The topological polar surface area (TPSA) is 122 Å². The lowest BCUT2D eigenvalue weighted by atomic mass is 9.99. The van der Waals surface area contributed by atoms with Gasteiger partial charge in [-0.25, -0.2) is 4.79 Å². The van der Waals surface area contributed by atoms with E-state index >= 15 is 0 Å². The second-order valence-corrected chi connectivity index (χ2v) is 4.45. The zero-order valence-corrected chi connectivity index (χ0v) is 10.0. The highest BCUT2D eigenvalue weighted by atomic mass is 16.5. The van der Waals surface area contributed by atoms with Gasteiger partial charge in [0.1, 0.15) is 16.9 Å². The third kappa shape index (κ3) is 2.67. The van der Waals surface area contributed by atoms with Crippen molar-refractivity contribution >= 4 is 17.6 Å². The quantitative estimate of drug-likeness (QED) is 0.617. The minimum atomic E-state index is -1.24. The molecule has 0 bridgehead atoms. The lowest BCUT2D eigenvalue weighted by Gasteiger charge is -2.20. The van der Waals surface area contributed by atoms with Gasteiger partial charge in [-0.3, -0.25) is 4.79 Å².